The van der Waals surface area contributed by atoms with Gasteiger partial charge in [0.1, 0.15) is 12.7 Å². The average Bonchev–Trinajstić information content (AvgIpc) is 3.09. The van der Waals surface area contributed by atoms with Crippen molar-refractivity contribution in [2.45, 2.75) is 20.0 Å². The van der Waals surface area contributed by atoms with Crippen molar-refractivity contribution in [3.8, 4) is 0 Å². The van der Waals surface area contributed by atoms with Crippen LogP contribution in [0.25, 0.3) is 0 Å². The molecule has 3 rings (SSSR count). The van der Waals surface area contributed by atoms with Gasteiger partial charge in [-0.1, -0.05) is 12.1 Å². The molecule has 1 N–H and O–H groups in total. The Kier molecular flexibility index (Phi) is 3.78. The predicted molar refractivity (Wildman–Crippen MR) is 81.9 cm³/mol. The maximum absolute atomic E-state index is 4.12. The maximum Gasteiger partial charge on any atom is 0.137 e. The fraction of sp³-hybridized carbons (Fsp3) is 0.200. The quantitative estimate of drug-likeness (QED) is 0.781. The van der Waals surface area contributed by atoms with Crippen LogP contribution in [0, 0.1) is 6.92 Å². The second-order valence-corrected chi connectivity index (χ2v) is 6.03. The van der Waals surface area contributed by atoms with Gasteiger partial charge in [-0.2, -0.15) is 5.10 Å². The van der Waals surface area contributed by atoms with E-state index < -0.39 is 0 Å². The average molecular weight is 284 g/mol. The standard InChI is InChI=1S/C15H16N4S/c1-12-5-6-15(20-12)8-17-14-4-2-3-13(7-14)9-19-11-16-10-18-19/h2-7,10-11,17H,8-9H2,1H3. The number of rotatable bonds is 5. The third kappa shape index (κ3) is 3.24. The van der Waals surface area contributed by atoms with E-state index in [9.17, 15) is 0 Å². The topological polar surface area (TPSA) is 42.7 Å². The van der Waals surface area contributed by atoms with E-state index in [0.717, 1.165) is 18.8 Å². The summed E-state index contributed by atoms with van der Waals surface area (Å²) in [5, 5.41) is 7.58. The summed E-state index contributed by atoms with van der Waals surface area (Å²) in [4.78, 5) is 6.66. The highest BCUT2D eigenvalue weighted by Gasteiger charge is 2.00. The molecule has 102 valence electrons. The molecule has 20 heavy (non-hydrogen) atoms. The van der Waals surface area contributed by atoms with Crippen LogP contribution < -0.4 is 5.32 Å². The van der Waals surface area contributed by atoms with Gasteiger partial charge in [0.25, 0.3) is 0 Å². The zero-order chi connectivity index (χ0) is 13.8. The van der Waals surface area contributed by atoms with Gasteiger partial charge < -0.3 is 5.32 Å². The number of benzene rings is 1. The molecule has 0 aliphatic heterocycles. The van der Waals surface area contributed by atoms with Gasteiger partial charge in [-0.25, -0.2) is 9.67 Å². The summed E-state index contributed by atoms with van der Waals surface area (Å²) < 4.78 is 1.82. The summed E-state index contributed by atoms with van der Waals surface area (Å²) in [6.45, 7) is 3.74. The van der Waals surface area contributed by atoms with Crippen LogP contribution in [0.5, 0.6) is 0 Å². The molecule has 0 fully saturated rings. The first kappa shape index (κ1) is 12.9. The fourth-order valence-electron chi connectivity index (χ4n) is 2.05. The third-order valence-corrected chi connectivity index (χ3v) is 4.00. The van der Waals surface area contributed by atoms with Gasteiger partial charge in [0.2, 0.25) is 0 Å². The van der Waals surface area contributed by atoms with E-state index in [0.29, 0.717) is 0 Å². The summed E-state index contributed by atoms with van der Waals surface area (Å²) in [6.07, 6.45) is 3.29. The number of anilines is 1. The summed E-state index contributed by atoms with van der Waals surface area (Å²) in [5.74, 6) is 0. The first-order valence-corrected chi connectivity index (χ1v) is 7.32. The Bertz CT molecular complexity index is 673. The second kappa shape index (κ2) is 5.88. The fourth-order valence-corrected chi connectivity index (χ4v) is 2.88. The lowest BCUT2D eigenvalue weighted by molar-refractivity contribution is 0.685. The molecule has 0 saturated heterocycles. The highest BCUT2D eigenvalue weighted by atomic mass is 32.1. The molecule has 0 atom stereocenters. The number of aryl methyl sites for hydroxylation is 1. The van der Waals surface area contributed by atoms with Gasteiger partial charge in [0.05, 0.1) is 6.54 Å². The normalized spacial score (nSPS) is 10.7. The van der Waals surface area contributed by atoms with E-state index in [-0.39, 0.29) is 0 Å². The lowest BCUT2D eigenvalue weighted by Crippen LogP contribution is -2.02. The highest BCUT2D eigenvalue weighted by Crippen LogP contribution is 2.18. The van der Waals surface area contributed by atoms with E-state index in [1.54, 1.807) is 12.7 Å². The van der Waals surface area contributed by atoms with Crippen LogP contribution in [0.3, 0.4) is 0 Å². The van der Waals surface area contributed by atoms with Crippen molar-refractivity contribution in [1.82, 2.24) is 14.8 Å². The van der Waals surface area contributed by atoms with Gasteiger partial charge >= 0.3 is 0 Å². The summed E-state index contributed by atoms with van der Waals surface area (Å²) >= 11 is 1.83. The lowest BCUT2D eigenvalue weighted by atomic mass is 10.2. The number of hydrogen-bond donors (Lipinski definition) is 1. The Hall–Kier alpha value is -2.14. The molecule has 0 aliphatic carbocycles. The van der Waals surface area contributed by atoms with E-state index >= 15 is 0 Å². The minimum Gasteiger partial charge on any atom is -0.380 e. The Labute approximate surface area is 122 Å². The third-order valence-electron chi connectivity index (χ3n) is 3.00. The number of nitrogens with one attached hydrogen (secondary N) is 1. The van der Waals surface area contributed by atoms with Crippen molar-refractivity contribution in [1.29, 1.82) is 0 Å². The van der Waals surface area contributed by atoms with Crippen LogP contribution in [-0.4, -0.2) is 14.8 Å². The Balaban J connectivity index is 1.65. The van der Waals surface area contributed by atoms with Crippen molar-refractivity contribution in [2.75, 3.05) is 5.32 Å². The van der Waals surface area contributed by atoms with Gasteiger partial charge in [0.15, 0.2) is 0 Å². The molecule has 0 bridgehead atoms. The smallest absolute Gasteiger partial charge is 0.137 e. The van der Waals surface area contributed by atoms with Crippen LogP contribution in [0.4, 0.5) is 5.69 Å². The van der Waals surface area contributed by atoms with Crippen LogP contribution in [-0.2, 0) is 13.1 Å². The van der Waals surface area contributed by atoms with Crippen LogP contribution in [0.15, 0.2) is 49.1 Å². The van der Waals surface area contributed by atoms with Gasteiger partial charge in [0, 0.05) is 22.0 Å². The molecule has 0 saturated carbocycles. The zero-order valence-electron chi connectivity index (χ0n) is 11.3. The van der Waals surface area contributed by atoms with E-state index in [4.69, 9.17) is 0 Å². The molecule has 2 heterocycles. The van der Waals surface area contributed by atoms with Crippen molar-refractivity contribution in [3.63, 3.8) is 0 Å². The minimum atomic E-state index is 0.744. The minimum absolute atomic E-state index is 0.744. The first-order valence-electron chi connectivity index (χ1n) is 6.50. The first-order chi connectivity index (χ1) is 9.79. The molecule has 0 amide bonds. The Morgan fingerprint density at radius 2 is 2.20 bits per heavy atom. The molecule has 0 aliphatic rings. The monoisotopic (exact) mass is 284 g/mol. The lowest BCUT2D eigenvalue weighted by Gasteiger charge is -2.07. The molecule has 0 spiro atoms. The van der Waals surface area contributed by atoms with E-state index in [2.05, 4.69) is 58.7 Å². The molecule has 5 heteroatoms. The van der Waals surface area contributed by atoms with Gasteiger partial charge in [-0.05, 0) is 36.8 Å². The van der Waals surface area contributed by atoms with Crippen molar-refractivity contribution >= 4 is 17.0 Å². The number of hydrogen-bond acceptors (Lipinski definition) is 4. The number of aromatic nitrogens is 3. The van der Waals surface area contributed by atoms with Crippen LogP contribution in [0.2, 0.25) is 0 Å². The molecule has 1 aromatic carbocycles. The maximum atomic E-state index is 4.12. The second-order valence-electron chi connectivity index (χ2n) is 4.66. The molecule has 0 radical (unpaired) electrons. The summed E-state index contributed by atoms with van der Waals surface area (Å²) in [6, 6.07) is 12.7. The molecule has 4 nitrogen and oxygen atoms in total. The molecule has 2 aromatic heterocycles. The largest absolute Gasteiger partial charge is 0.380 e. The van der Waals surface area contributed by atoms with Crippen LogP contribution >= 0.6 is 11.3 Å². The van der Waals surface area contributed by atoms with Gasteiger partial charge in [-0.3, -0.25) is 0 Å². The molecule has 0 unspecified atom stereocenters. The predicted octanol–water partition coefficient (Wildman–Crippen LogP) is 3.31. The van der Waals surface area contributed by atoms with Crippen molar-refractivity contribution < 1.29 is 0 Å². The SMILES string of the molecule is Cc1ccc(CNc2cccc(Cn3cncn3)c2)s1. The molecular formula is C15H16N4S. The summed E-state index contributed by atoms with van der Waals surface area (Å²) in [5.41, 5.74) is 2.34. The molecular weight excluding hydrogens is 268 g/mol. The summed E-state index contributed by atoms with van der Waals surface area (Å²) in [7, 11) is 0. The van der Waals surface area contributed by atoms with Crippen molar-refractivity contribution in [3.05, 3.63) is 64.4 Å². The van der Waals surface area contributed by atoms with Crippen LogP contribution in [0.1, 0.15) is 15.3 Å². The highest BCUT2D eigenvalue weighted by molar-refractivity contribution is 7.11. The number of thiophene rings is 1. The zero-order valence-corrected chi connectivity index (χ0v) is 12.1. The number of nitrogens with zero attached hydrogens (tertiary/aromatic N) is 3. The van der Waals surface area contributed by atoms with Crippen molar-refractivity contribution in [2.24, 2.45) is 0 Å². The van der Waals surface area contributed by atoms with E-state index in [1.807, 2.05) is 16.0 Å². The van der Waals surface area contributed by atoms with Gasteiger partial charge in [-0.15, -0.1) is 11.3 Å². The molecule has 3 aromatic rings. The van der Waals surface area contributed by atoms with E-state index in [1.165, 1.54) is 15.3 Å². The Morgan fingerprint density at radius 3 is 2.95 bits per heavy atom. The Morgan fingerprint density at radius 1 is 1.25 bits per heavy atom.